The molecule has 7 heteroatoms. The van der Waals surface area contributed by atoms with Gasteiger partial charge in [-0.2, -0.15) is 0 Å². The molecule has 1 aliphatic heterocycles. The molecule has 0 amide bonds. The molecule has 0 spiro atoms. The Hall–Kier alpha value is -2.09. The molecule has 0 aliphatic carbocycles. The number of ether oxygens (including phenoxy) is 2. The van der Waals surface area contributed by atoms with Crippen LogP contribution in [0.4, 0.5) is 0 Å². The van der Waals surface area contributed by atoms with Crippen LogP contribution in [0.3, 0.4) is 0 Å². The van der Waals surface area contributed by atoms with Gasteiger partial charge in [-0.15, -0.1) is 11.3 Å². The quantitative estimate of drug-likeness (QED) is 0.511. The van der Waals surface area contributed by atoms with Crippen LogP contribution in [0.1, 0.15) is 28.3 Å². The van der Waals surface area contributed by atoms with Gasteiger partial charge in [-0.05, 0) is 43.7 Å². The smallest absolute Gasteiger partial charge is 0.191 e. The summed E-state index contributed by atoms with van der Waals surface area (Å²) in [6.07, 6.45) is 0. The Kier molecular flexibility index (Phi) is 8.34. The van der Waals surface area contributed by atoms with E-state index in [0.717, 1.165) is 51.1 Å². The van der Waals surface area contributed by atoms with Gasteiger partial charge in [0, 0.05) is 35.9 Å². The summed E-state index contributed by atoms with van der Waals surface area (Å²) >= 11 is 1.80. The number of aryl methyl sites for hydroxylation is 1. The third-order valence-corrected chi connectivity index (χ3v) is 5.97. The summed E-state index contributed by atoms with van der Waals surface area (Å²) in [4.78, 5) is 9.85. The van der Waals surface area contributed by atoms with E-state index in [1.165, 1.54) is 15.3 Å². The molecule has 1 aliphatic rings. The maximum atomic E-state index is 5.56. The number of benzene rings is 1. The van der Waals surface area contributed by atoms with Crippen molar-refractivity contribution in [1.82, 2.24) is 15.5 Å². The Morgan fingerprint density at radius 1 is 1.17 bits per heavy atom. The van der Waals surface area contributed by atoms with Crippen LogP contribution in [-0.4, -0.2) is 57.4 Å². The monoisotopic (exact) mass is 416 g/mol. The number of aliphatic imine (C=N–C) groups is 1. The molecular formula is C22H32N4O2S. The van der Waals surface area contributed by atoms with Crippen molar-refractivity contribution in [2.24, 2.45) is 4.99 Å². The molecule has 2 aromatic rings. The fourth-order valence-electron chi connectivity index (χ4n) is 3.44. The Morgan fingerprint density at radius 3 is 2.55 bits per heavy atom. The molecule has 1 aromatic heterocycles. The average molecular weight is 417 g/mol. The first kappa shape index (κ1) is 21.6. The maximum absolute atomic E-state index is 5.56. The van der Waals surface area contributed by atoms with Crippen molar-refractivity contribution in [2.45, 2.75) is 26.4 Å². The molecular weight excluding hydrogens is 384 g/mol. The van der Waals surface area contributed by atoms with Crippen LogP contribution >= 0.6 is 11.3 Å². The van der Waals surface area contributed by atoms with Gasteiger partial charge in [0.2, 0.25) is 0 Å². The van der Waals surface area contributed by atoms with E-state index < -0.39 is 0 Å². The van der Waals surface area contributed by atoms with Gasteiger partial charge in [0.05, 0.1) is 32.9 Å². The number of methoxy groups -OCH3 is 1. The predicted octanol–water partition coefficient (Wildman–Crippen LogP) is 3.19. The fraction of sp³-hybridized carbons (Fsp3) is 0.500. The van der Waals surface area contributed by atoms with Crippen molar-refractivity contribution in [3.05, 3.63) is 51.7 Å². The lowest BCUT2D eigenvalue weighted by molar-refractivity contribution is 0.0170. The molecule has 1 atom stereocenters. The summed E-state index contributed by atoms with van der Waals surface area (Å²) in [5.41, 5.74) is 1.27. The second-order valence-electron chi connectivity index (χ2n) is 7.03. The summed E-state index contributed by atoms with van der Waals surface area (Å²) < 4.78 is 10.9. The van der Waals surface area contributed by atoms with Crippen molar-refractivity contribution >= 4 is 17.3 Å². The highest BCUT2D eigenvalue weighted by molar-refractivity contribution is 7.11. The summed E-state index contributed by atoms with van der Waals surface area (Å²) in [5.74, 6) is 1.73. The average Bonchev–Trinajstić information content (AvgIpc) is 3.18. The lowest BCUT2D eigenvalue weighted by atomic mass is 10.0. The fourth-order valence-corrected chi connectivity index (χ4v) is 4.25. The van der Waals surface area contributed by atoms with Crippen LogP contribution in [-0.2, 0) is 11.3 Å². The van der Waals surface area contributed by atoms with Gasteiger partial charge >= 0.3 is 0 Å². The predicted molar refractivity (Wildman–Crippen MR) is 120 cm³/mol. The lowest BCUT2D eigenvalue weighted by Gasteiger charge is -2.35. The van der Waals surface area contributed by atoms with Gasteiger partial charge in [-0.1, -0.05) is 12.1 Å². The van der Waals surface area contributed by atoms with Crippen LogP contribution < -0.4 is 15.4 Å². The van der Waals surface area contributed by atoms with Gasteiger partial charge in [0.15, 0.2) is 5.96 Å². The molecule has 1 fully saturated rings. The van der Waals surface area contributed by atoms with Crippen LogP contribution in [0, 0.1) is 6.92 Å². The highest BCUT2D eigenvalue weighted by Crippen LogP contribution is 2.23. The zero-order valence-electron chi connectivity index (χ0n) is 17.6. The van der Waals surface area contributed by atoms with E-state index in [9.17, 15) is 0 Å². The molecule has 1 saturated heterocycles. The molecule has 1 aromatic carbocycles. The topological polar surface area (TPSA) is 58.1 Å². The Morgan fingerprint density at radius 2 is 1.93 bits per heavy atom. The number of rotatable bonds is 8. The number of guanidine groups is 1. The zero-order valence-corrected chi connectivity index (χ0v) is 18.4. The summed E-state index contributed by atoms with van der Waals surface area (Å²) in [6.45, 7) is 9.94. The van der Waals surface area contributed by atoms with Gasteiger partial charge < -0.3 is 20.1 Å². The molecule has 158 valence electrons. The molecule has 29 heavy (non-hydrogen) atoms. The lowest BCUT2D eigenvalue weighted by Crippen LogP contribution is -2.46. The summed E-state index contributed by atoms with van der Waals surface area (Å²) in [5, 5.41) is 6.92. The van der Waals surface area contributed by atoms with Crippen LogP contribution in [0.15, 0.2) is 41.4 Å². The first-order valence-corrected chi connectivity index (χ1v) is 11.0. The SMILES string of the molecule is CCNC(=NCc1ccc(C)s1)NCC(c1ccc(OC)cc1)N1CCOCC1. The minimum absolute atomic E-state index is 0.248. The number of nitrogens with one attached hydrogen (secondary N) is 2. The Balaban J connectivity index is 1.70. The summed E-state index contributed by atoms with van der Waals surface area (Å²) in [7, 11) is 1.70. The Labute approximate surface area is 177 Å². The molecule has 2 N–H and O–H groups in total. The molecule has 0 radical (unpaired) electrons. The van der Waals surface area contributed by atoms with E-state index in [2.05, 4.69) is 53.6 Å². The highest BCUT2D eigenvalue weighted by atomic mass is 32.1. The van der Waals surface area contributed by atoms with Crippen molar-refractivity contribution in [1.29, 1.82) is 0 Å². The second-order valence-corrected chi connectivity index (χ2v) is 8.40. The standard InChI is InChI=1S/C22H32N4O2S/c1-4-23-22(24-15-20-10-5-17(2)29-20)25-16-21(26-11-13-28-14-12-26)18-6-8-19(27-3)9-7-18/h5-10,21H,4,11-16H2,1-3H3,(H2,23,24,25). The van der Waals surface area contributed by atoms with E-state index in [0.29, 0.717) is 6.54 Å². The van der Waals surface area contributed by atoms with Crippen molar-refractivity contribution in [3.63, 3.8) is 0 Å². The van der Waals surface area contributed by atoms with Crippen molar-refractivity contribution in [3.8, 4) is 5.75 Å². The molecule has 2 heterocycles. The van der Waals surface area contributed by atoms with Crippen LogP contribution in [0.2, 0.25) is 0 Å². The summed E-state index contributed by atoms with van der Waals surface area (Å²) in [6, 6.07) is 12.9. The number of hydrogen-bond acceptors (Lipinski definition) is 5. The third-order valence-electron chi connectivity index (χ3n) is 4.98. The van der Waals surface area contributed by atoms with Gasteiger partial charge in [0.25, 0.3) is 0 Å². The molecule has 3 rings (SSSR count). The largest absolute Gasteiger partial charge is 0.497 e. The minimum Gasteiger partial charge on any atom is -0.497 e. The number of hydrogen-bond donors (Lipinski definition) is 2. The first-order valence-electron chi connectivity index (χ1n) is 10.2. The van der Waals surface area contributed by atoms with Gasteiger partial charge in [0.1, 0.15) is 5.75 Å². The van der Waals surface area contributed by atoms with E-state index in [-0.39, 0.29) is 6.04 Å². The van der Waals surface area contributed by atoms with E-state index in [1.54, 1.807) is 18.4 Å². The van der Waals surface area contributed by atoms with Gasteiger partial charge in [-0.25, -0.2) is 4.99 Å². The third kappa shape index (κ3) is 6.45. The Bertz CT molecular complexity index is 769. The van der Waals surface area contributed by atoms with Crippen molar-refractivity contribution in [2.75, 3.05) is 46.5 Å². The number of thiophene rings is 1. The zero-order chi connectivity index (χ0) is 20.5. The molecule has 1 unspecified atom stereocenters. The molecule has 0 saturated carbocycles. The highest BCUT2D eigenvalue weighted by Gasteiger charge is 2.23. The van der Waals surface area contributed by atoms with E-state index in [1.807, 2.05) is 12.1 Å². The number of morpholine rings is 1. The number of nitrogens with zero attached hydrogens (tertiary/aromatic N) is 2. The van der Waals surface area contributed by atoms with E-state index >= 15 is 0 Å². The van der Waals surface area contributed by atoms with Crippen molar-refractivity contribution < 1.29 is 9.47 Å². The normalized spacial score (nSPS) is 16.4. The molecule has 0 bridgehead atoms. The van der Waals surface area contributed by atoms with Gasteiger partial charge in [-0.3, -0.25) is 4.90 Å². The first-order chi connectivity index (χ1) is 14.2. The van der Waals surface area contributed by atoms with Crippen LogP contribution in [0.5, 0.6) is 5.75 Å². The maximum Gasteiger partial charge on any atom is 0.191 e. The molecule has 6 nitrogen and oxygen atoms in total. The van der Waals surface area contributed by atoms with Crippen LogP contribution in [0.25, 0.3) is 0 Å². The minimum atomic E-state index is 0.248. The van der Waals surface area contributed by atoms with E-state index in [4.69, 9.17) is 14.5 Å². The second kappa shape index (κ2) is 11.2.